The first-order chi connectivity index (χ1) is 9.88. The molecule has 0 bridgehead atoms. The number of hydrogen-bond acceptors (Lipinski definition) is 4. The van der Waals surface area contributed by atoms with Crippen molar-refractivity contribution < 1.29 is 8.42 Å². The molecule has 2 N–H and O–H groups in total. The highest BCUT2D eigenvalue weighted by atomic mass is 35.5. The van der Waals surface area contributed by atoms with Gasteiger partial charge in [0.05, 0.1) is 10.4 Å². The van der Waals surface area contributed by atoms with Crippen LogP contribution in [0.15, 0.2) is 12.1 Å². The predicted octanol–water partition coefficient (Wildman–Crippen LogP) is 2.37. The molecule has 1 aromatic rings. The van der Waals surface area contributed by atoms with Crippen LogP contribution in [-0.4, -0.2) is 38.9 Å². The zero-order valence-electron chi connectivity index (χ0n) is 12.3. The van der Waals surface area contributed by atoms with E-state index in [1.165, 1.54) is 28.5 Å². The SMILES string of the molecule is CC(NS(=O)(=O)N(C)CCCNC1CC1)c1ccc(Cl)s1. The molecule has 1 aromatic heterocycles. The lowest BCUT2D eigenvalue weighted by molar-refractivity contribution is 0.438. The Kier molecular flexibility index (Phi) is 6.05. The minimum absolute atomic E-state index is 0.278. The van der Waals surface area contributed by atoms with E-state index in [4.69, 9.17) is 11.6 Å². The van der Waals surface area contributed by atoms with Gasteiger partial charge < -0.3 is 5.32 Å². The second kappa shape index (κ2) is 7.39. The zero-order valence-corrected chi connectivity index (χ0v) is 14.7. The van der Waals surface area contributed by atoms with Crippen LogP contribution in [0.4, 0.5) is 0 Å². The molecule has 21 heavy (non-hydrogen) atoms. The first-order valence-electron chi connectivity index (χ1n) is 7.10. The third kappa shape index (κ3) is 5.50. The second-order valence-electron chi connectivity index (χ2n) is 5.39. The van der Waals surface area contributed by atoms with Gasteiger partial charge in [-0.05, 0) is 44.9 Å². The number of hydrogen-bond donors (Lipinski definition) is 2. The van der Waals surface area contributed by atoms with Gasteiger partial charge in [-0.25, -0.2) is 0 Å². The van der Waals surface area contributed by atoms with E-state index in [1.54, 1.807) is 13.1 Å². The van der Waals surface area contributed by atoms with Crippen molar-refractivity contribution in [2.45, 2.75) is 38.3 Å². The third-order valence-corrected chi connectivity index (χ3v) is 6.49. The molecule has 1 heterocycles. The molecule has 1 unspecified atom stereocenters. The minimum Gasteiger partial charge on any atom is -0.314 e. The van der Waals surface area contributed by atoms with Gasteiger partial charge in [-0.3, -0.25) is 0 Å². The summed E-state index contributed by atoms with van der Waals surface area (Å²) >= 11 is 7.27. The zero-order chi connectivity index (χ0) is 15.5. The van der Waals surface area contributed by atoms with E-state index in [-0.39, 0.29) is 6.04 Å². The molecule has 1 aliphatic carbocycles. The van der Waals surface area contributed by atoms with Crippen molar-refractivity contribution in [1.82, 2.24) is 14.3 Å². The topological polar surface area (TPSA) is 61.4 Å². The molecule has 0 aromatic carbocycles. The molecule has 1 saturated carbocycles. The van der Waals surface area contributed by atoms with Gasteiger partial charge >= 0.3 is 0 Å². The quantitative estimate of drug-likeness (QED) is 0.671. The number of nitrogens with one attached hydrogen (secondary N) is 2. The first-order valence-corrected chi connectivity index (χ1v) is 9.74. The Morgan fingerprint density at radius 2 is 2.19 bits per heavy atom. The van der Waals surface area contributed by atoms with Crippen LogP contribution >= 0.6 is 22.9 Å². The summed E-state index contributed by atoms with van der Waals surface area (Å²) in [4.78, 5) is 0.910. The van der Waals surface area contributed by atoms with Crippen molar-refractivity contribution in [1.29, 1.82) is 0 Å². The normalized spacial score (nSPS) is 17.3. The van der Waals surface area contributed by atoms with Gasteiger partial charge in [0.25, 0.3) is 10.2 Å². The van der Waals surface area contributed by atoms with Crippen molar-refractivity contribution >= 4 is 33.1 Å². The van der Waals surface area contributed by atoms with E-state index in [1.807, 2.05) is 13.0 Å². The van der Waals surface area contributed by atoms with Crippen molar-refractivity contribution in [2.75, 3.05) is 20.1 Å². The maximum atomic E-state index is 12.2. The minimum atomic E-state index is -3.46. The second-order valence-corrected chi connectivity index (χ2v) is 8.95. The Bertz CT molecular complexity index is 558. The molecule has 8 heteroatoms. The van der Waals surface area contributed by atoms with E-state index < -0.39 is 10.2 Å². The molecule has 1 aliphatic rings. The smallest absolute Gasteiger partial charge is 0.279 e. The van der Waals surface area contributed by atoms with Crippen molar-refractivity contribution in [3.8, 4) is 0 Å². The van der Waals surface area contributed by atoms with Gasteiger partial charge in [-0.2, -0.15) is 17.4 Å². The molecule has 0 aliphatic heterocycles. The Labute approximate surface area is 135 Å². The van der Waals surface area contributed by atoms with Crippen LogP contribution in [0.25, 0.3) is 0 Å². The van der Waals surface area contributed by atoms with Crippen LogP contribution in [0, 0.1) is 0 Å². The van der Waals surface area contributed by atoms with Gasteiger partial charge in [0, 0.05) is 24.5 Å². The van der Waals surface area contributed by atoms with Crippen LogP contribution in [-0.2, 0) is 10.2 Å². The van der Waals surface area contributed by atoms with Gasteiger partial charge in [-0.1, -0.05) is 11.6 Å². The fourth-order valence-electron chi connectivity index (χ4n) is 1.95. The summed E-state index contributed by atoms with van der Waals surface area (Å²) in [5.41, 5.74) is 0. The molecular weight excluding hydrogens is 330 g/mol. The summed E-state index contributed by atoms with van der Waals surface area (Å²) in [5.74, 6) is 0. The molecule has 0 spiro atoms. The van der Waals surface area contributed by atoms with Crippen LogP contribution in [0.2, 0.25) is 4.34 Å². The van der Waals surface area contributed by atoms with Crippen molar-refractivity contribution in [2.24, 2.45) is 0 Å². The standard InChI is InChI=1S/C13H22ClN3O2S2/c1-10(12-6-7-13(14)20-12)16-21(18,19)17(2)9-3-8-15-11-4-5-11/h6-7,10-11,15-16H,3-5,8-9H2,1-2H3. The van der Waals surface area contributed by atoms with Crippen LogP contribution in [0.1, 0.15) is 37.1 Å². The fourth-order valence-corrected chi connectivity index (χ4v) is 4.21. The van der Waals surface area contributed by atoms with Gasteiger partial charge in [0.1, 0.15) is 0 Å². The molecule has 0 amide bonds. The van der Waals surface area contributed by atoms with Gasteiger partial charge in [0.2, 0.25) is 0 Å². The predicted molar refractivity (Wildman–Crippen MR) is 88.1 cm³/mol. The number of thiophene rings is 1. The Morgan fingerprint density at radius 1 is 1.48 bits per heavy atom. The largest absolute Gasteiger partial charge is 0.314 e. The monoisotopic (exact) mass is 351 g/mol. The summed E-state index contributed by atoms with van der Waals surface area (Å²) in [5, 5.41) is 3.38. The highest BCUT2D eigenvalue weighted by molar-refractivity contribution is 7.87. The average Bonchev–Trinajstić information content (AvgIpc) is 3.13. The van der Waals surface area contributed by atoms with E-state index in [9.17, 15) is 8.42 Å². The van der Waals surface area contributed by atoms with Crippen LogP contribution < -0.4 is 10.0 Å². The van der Waals surface area contributed by atoms with E-state index in [0.29, 0.717) is 16.9 Å². The molecule has 0 saturated heterocycles. The Hall–Kier alpha value is -0.180. The fraction of sp³-hybridized carbons (Fsp3) is 0.692. The van der Waals surface area contributed by atoms with Crippen molar-refractivity contribution in [3.63, 3.8) is 0 Å². The molecule has 120 valence electrons. The maximum Gasteiger partial charge on any atom is 0.279 e. The molecule has 5 nitrogen and oxygen atoms in total. The molecular formula is C13H22ClN3O2S2. The summed E-state index contributed by atoms with van der Waals surface area (Å²) in [6.45, 7) is 3.19. The molecule has 0 radical (unpaired) electrons. The van der Waals surface area contributed by atoms with Crippen molar-refractivity contribution in [3.05, 3.63) is 21.3 Å². The van der Waals surface area contributed by atoms with E-state index in [0.717, 1.165) is 17.8 Å². The van der Waals surface area contributed by atoms with E-state index in [2.05, 4.69) is 10.0 Å². The molecule has 1 atom stereocenters. The number of nitrogens with zero attached hydrogens (tertiary/aromatic N) is 1. The Balaban J connectivity index is 1.78. The third-order valence-electron chi connectivity index (χ3n) is 3.42. The average molecular weight is 352 g/mol. The summed E-state index contributed by atoms with van der Waals surface area (Å²) < 4.78 is 29.2. The molecule has 1 fully saturated rings. The lowest BCUT2D eigenvalue weighted by atomic mass is 10.3. The summed E-state index contributed by atoms with van der Waals surface area (Å²) in [6, 6.07) is 4.01. The highest BCUT2D eigenvalue weighted by Gasteiger charge is 2.22. The van der Waals surface area contributed by atoms with Gasteiger partial charge in [-0.15, -0.1) is 11.3 Å². The van der Waals surface area contributed by atoms with Crippen LogP contribution in [0.3, 0.4) is 0 Å². The lowest BCUT2D eigenvalue weighted by Crippen LogP contribution is -2.40. The first kappa shape index (κ1) is 17.2. The van der Waals surface area contributed by atoms with Crippen LogP contribution in [0.5, 0.6) is 0 Å². The maximum absolute atomic E-state index is 12.2. The van der Waals surface area contributed by atoms with Gasteiger partial charge in [0.15, 0.2) is 0 Å². The molecule has 2 rings (SSSR count). The highest BCUT2D eigenvalue weighted by Crippen LogP contribution is 2.27. The number of rotatable bonds is 9. The summed E-state index contributed by atoms with van der Waals surface area (Å²) in [7, 11) is -1.86. The van der Waals surface area contributed by atoms with E-state index >= 15 is 0 Å². The Morgan fingerprint density at radius 3 is 2.76 bits per heavy atom. The summed E-state index contributed by atoms with van der Waals surface area (Å²) in [6.07, 6.45) is 3.31. The lowest BCUT2D eigenvalue weighted by Gasteiger charge is -2.20. The number of halogens is 1.